The topological polar surface area (TPSA) is 78.5 Å². The van der Waals surface area contributed by atoms with Gasteiger partial charge in [-0.2, -0.15) is 0 Å². The fourth-order valence-corrected chi connectivity index (χ4v) is 2.93. The van der Waals surface area contributed by atoms with Crippen LogP contribution in [0.5, 0.6) is 0 Å². The first-order chi connectivity index (χ1) is 11.5. The molecule has 0 unspecified atom stereocenters. The fraction of sp³-hybridized carbons (Fsp3) is 0.118. The second kappa shape index (κ2) is 6.67. The van der Waals surface area contributed by atoms with Crippen molar-refractivity contribution in [2.75, 3.05) is 11.9 Å². The van der Waals surface area contributed by atoms with Crippen LogP contribution in [0.2, 0.25) is 0 Å². The first kappa shape index (κ1) is 15.9. The third-order valence-corrected chi connectivity index (χ3v) is 4.33. The molecule has 1 aliphatic heterocycles. The highest BCUT2D eigenvalue weighted by molar-refractivity contribution is 7.10. The van der Waals surface area contributed by atoms with E-state index in [2.05, 4.69) is 10.6 Å². The van der Waals surface area contributed by atoms with Crippen molar-refractivity contribution < 1.29 is 14.4 Å². The van der Waals surface area contributed by atoms with Gasteiger partial charge in [0.2, 0.25) is 5.91 Å². The predicted octanol–water partition coefficient (Wildman–Crippen LogP) is 2.59. The average Bonchev–Trinajstić information content (AvgIpc) is 3.14. The summed E-state index contributed by atoms with van der Waals surface area (Å²) >= 11 is 1.45. The smallest absolute Gasteiger partial charge is 0.324 e. The molecule has 1 aliphatic rings. The van der Waals surface area contributed by atoms with Crippen LogP contribution >= 0.6 is 11.3 Å². The third kappa shape index (κ3) is 3.36. The number of nitrogens with zero attached hydrogens (tertiary/aromatic N) is 1. The van der Waals surface area contributed by atoms with Gasteiger partial charge in [-0.15, -0.1) is 11.3 Å². The molecule has 3 rings (SSSR count). The minimum absolute atomic E-state index is 0.172. The van der Waals surface area contributed by atoms with E-state index in [-0.39, 0.29) is 12.2 Å². The van der Waals surface area contributed by atoms with Gasteiger partial charge in [0, 0.05) is 10.6 Å². The van der Waals surface area contributed by atoms with Gasteiger partial charge in [0.1, 0.15) is 12.2 Å². The molecule has 4 amide bonds. The summed E-state index contributed by atoms with van der Waals surface area (Å²) in [7, 11) is 0. The van der Waals surface area contributed by atoms with Crippen LogP contribution in [0.15, 0.2) is 47.5 Å². The van der Waals surface area contributed by atoms with Crippen molar-refractivity contribution in [2.45, 2.75) is 6.92 Å². The van der Waals surface area contributed by atoms with Crippen LogP contribution in [-0.2, 0) is 9.59 Å². The summed E-state index contributed by atoms with van der Waals surface area (Å²) in [5.74, 6) is -0.932. The zero-order chi connectivity index (χ0) is 17.1. The normalized spacial score (nSPS) is 15.7. The van der Waals surface area contributed by atoms with Gasteiger partial charge in [-0.1, -0.05) is 24.3 Å². The molecular weight excluding hydrogens is 326 g/mol. The molecule has 1 saturated heterocycles. The predicted molar refractivity (Wildman–Crippen MR) is 92.3 cm³/mol. The van der Waals surface area contributed by atoms with Crippen LogP contribution in [0.3, 0.4) is 0 Å². The minimum Gasteiger partial charge on any atom is -0.324 e. The highest BCUT2D eigenvalue weighted by Gasteiger charge is 2.34. The zero-order valence-corrected chi connectivity index (χ0v) is 13.7. The lowest BCUT2D eigenvalue weighted by Crippen LogP contribution is -2.38. The van der Waals surface area contributed by atoms with Crippen molar-refractivity contribution in [1.82, 2.24) is 10.2 Å². The number of aryl methyl sites for hydroxylation is 1. The molecule has 2 aromatic rings. The first-order valence-electron chi connectivity index (χ1n) is 7.28. The number of para-hydroxylation sites is 1. The minimum atomic E-state index is -0.595. The monoisotopic (exact) mass is 341 g/mol. The Morgan fingerprint density at radius 1 is 1.25 bits per heavy atom. The number of amides is 4. The lowest BCUT2D eigenvalue weighted by atomic mass is 10.2. The molecule has 1 aromatic heterocycles. The van der Waals surface area contributed by atoms with Gasteiger partial charge in [0.25, 0.3) is 5.91 Å². The maximum atomic E-state index is 12.3. The number of carbonyl (C=O) groups excluding carboxylic acids is 3. The molecule has 2 heterocycles. The molecule has 2 N–H and O–H groups in total. The maximum absolute atomic E-state index is 12.3. The lowest BCUT2D eigenvalue weighted by molar-refractivity contribution is -0.127. The number of imide groups is 1. The van der Waals surface area contributed by atoms with E-state index in [1.54, 1.807) is 18.2 Å². The SMILES string of the molecule is Cc1ccccc1NC(=O)CN1C(=O)N/C(=C\c2cccs2)C1=O. The summed E-state index contributed by atoms with van der Waals surface area (Å²) in [6.07, 6.45) is 1.60. The number of benzene rings is 1. The Balaban J connectivity index is 1.69. The number of anilines is 1. The Labute approximate surface area is 142 Å². The molecule has 122 valence electrons. The molecule has 0 saturated carbocycles. The standard InChI is InChI=1S/C17H15N3O3S/c1-11-5-2-3-7-13(11)18-15(21)10-20-16(22)14(19-17(20)23)9-12-6-4-8-24-12/h2-9H,10H2,1H3,(H,18,21)(H,19,23)/b14-9-. The number of nitrogens with one attached hydrogen (secondary N) is 2. The summed E-state index contributed by atoms with van der Waals surface area (Å²) in [6.45, 7) is 1.53. The van der Waals surface area contributed by atoms with Crippen molar-refractivity contribution in [3.63, 3.8) is 0 Å². The number of hydrogen-bond acceptors (Lipinski definition) is 4. The van der Waals surface area contributed by atoms with Crippen molar-refractivity contribution in [2.24, 2.45) is 0 Å². The molecule has 0 spiro atoms. The Morgan fingerprint density at radius 2 is 2.04 bits per heavy atom. The van der Waals surface area contributed by atoms with Crippen molar-refractivity contribution in [3.8, 4) is 0 Å². The summed E-state index contributed by atoms with van der Waals surface area (Å²) < 4.78 is 0. The second-order valence-electron chi connectivity index (χ2n) is 5.26. The Hall–Kier alpha value is -2.93. The van der Waals surface area contributed by atoms with Gasteiger partial charge >= 0.3 is 6.03 Å². The van der Waals surface area contributed by atoms with E-state index in [0.29, 0.717) is 5.69 Å². The molecule has 0 atom stereocenters. The molecule has 1 aromatic carbocycles. The van der Waals surface area contributed by atoms with Crippen LogP contribution in [0.25, 0.3) is 6.08 Å². The van der Waals surface area contributed by atoms with Gasteiger partial charge < -0.3 is 10.6 Å². The van der Waals surface area contributed by atoms with Crippen LogP contribution in [0.1, 0.15) is 10.4 Å². The molecule has 7 heteroatoms. The number of carbonyl (C=O) groups is 3. The third-order valence-electron chi connectivity index (χ3n) is 3.51. The summed E-state index contributed by atoms with van der Waals surface area (Å²) in [5.41, 5.74) is 1.73. The fourth-order valence-electron chi connectivity index (χ4n) is 2.28. The van der Waals surface area contributed by atoms with E-state index < -0.39 is 17.8 Å². The first-order valence-corrected chi connectivity index (χ1v) is 8.16. The summed E-state index contributed by atoms with van der Waals surface area (Å²) in [6, 6.07) is 10.4. The van der Waals surface area contributed by atoms with E-state index in [0.717, 1.165) is 15.3 Å². The molecule has 24 heavy (non-hydrogen) atoms. The van der Waals surface area contributed by atoms with E-state index in [9.17, 15) is 14.4 Å². The van der Waals surface area contributed by atoms with Gasteiger partial charge in [0.05, 0.1) is 0 Å². The quantitative estimate of drug-likeness (QED) is 0.663. The molecule has 6 nitrogen and oxygen atoms in total. The van der Waals surface area contributed by atoms with E-state index >= 15 is 0 Å². The summed E-state index contributed by atoms with van der Waals surface area (Å²) in [5, 5.41) is 7.08. The number of hydrogen-bond donors (Lipinski definition) is 2. The highest BCUT2D eigenvalue weighted by Crippen LogP contribution is 2.18. The van der Waals surface area contributed by atoms with Gasteiger partial charge in [0.15, 0.2) is 0 Å². The molecule has 0 aliphatic carbocycles. The number of rotatable bonds is 4. The summed E-state index contributed by atoms with van der Waals surface area (Å²) in [4.78, 5) is 38.1. The van der Waals surface area contributed by atoms with Gasteiger partial charge in [-0.25, -0.2) is 9.69 Å². The van der Waals surface area contributed by atoms with Crippen LogP contribution in [0.4, 0.5) is 10.5 Å². The average molecular weight is 341 g/mol. The Morgan fingerprint density at radius 3 is 2.75 bits per heavy atom. The molecule has 0 bridgehead atoms. The molecular formula is C17H15N3O3S. The lowest BCUT2D eigenvalue weighted by Gasteiger charge is -2.13. The zero-order valence-electron chi connectivity index (χ0n) is 12.9. The maximum Gasteiger partial charge on any atom is 0.329 e. The van der Waals surface area contributed by atoms with E-state index in [1.807, 2.05) is 36.6 Å². The van der Waals surface area contributed by atoms with Gasteiger partial charge in [-0.3, -0.25) is 9.59 Å². The Kier molecular flexibility index (Phi) is 4.43. The molecule has 1 fully saturated rings. The van der Waals surface area contributed by atoms with E-state index in [4.69, 9.17) is 0 Å². The van der Waals surface area contributed by atoms with Crippen molar-refractivity contribution in [1.29, 1.82) is 0 Å². The highest BCUT2D eigenvalue weighted by atomic mass is 32.1. The molecule has 0 radical (unpaired) electrons. The van der Waals surface area contributed by atoms with Crippen LogP contribution in [-0.4, -0.2) is 29.3 Å². The van der Waals surface area contributed by atoms with Crippen LogP contribution < -0.4 is 10.6 Å². The number of urea groups is 1. The van der Waals surface area contributed by atoms with Crippen molar-refractivity contribution in [3.05, 3.63) is 57.9 Å². The Bertz CT molecular complexity index is 827. The second-order valence-corrected chi connectivity index (χ2v) is 6.24. The van der Waals surface area contributed by atoms with Crippen LogP contribution in [0, 0.1) is 6.92 Å². The largest absolute Gasteiger partial charge is 0.329 e. The van der Waals surface area contributed by atoms with Crippen molar-refractivity contribution >= 4 is 40.9 Å². The number of thiophene rings is 1. The van der Waals surface area contributed by atoms with Gasteiger partial charge in [-0.05, 0) is 36.1 Å². The van der Waals surface area contributed by atoms with E-state index in [1.165, 1.54) is 11.3 Å².